The summed E-state index contributed by atoms with van der Waals surface area (Å²) in [5.74, 6) is -0.677. The fourth-order valence-corrected chi connectivity index (χ4v) is 6.65. The number of likely N-dealkylation sites (tertiary alicyclic amines) is 1. The van der Waals surface area contributed by atoms with E-state index in [4.69, 9.17) is 55.3 Å². The van der Waals surface area contributed by atoms with Crippen molar-refractivity contribution in [3.8, 4) is 6.07 Å². The molecule has 3 saturated heterocycles. The number of hydrogen-bond donors (Lipinski definition) is 0. The zero-order valence-electron chi connectivity index (χ0n) is 18.6. The van der Waals surface area contributed by atoms with Crippen LogP contribution in [0.1, 0.15) is 33.1 Å². The first-order chi connectivity index (χ1) is 15.2. The van der Waals surface area contributed by atoms with Crippen molar-refractivity contribution in [2.24, 2.45) is 5.92 Å². The van der Waals surface area contributed by atoms with Crippen LogP contribution in [-0.2, 0) is 44.4 Å². The lowest BCUT2D eigenvalue weighted by atomic mass is 9.96. The topological polar surface area (TPSA) is 99.5 Å². The third kappa shape index (κ3) is 6.34. The SMILES string of the molecule is [B][C@H]1CC(OC)[C@@H](COP(=S)(OC2C[C@H]([B])O[C@@H]2CC)O[C@H]2CN(C(C)=O)C[C@H]2C#N)O1. The number of hydrogen-bond acceptors (Lipinski definition) is 9. The quantitative estimate of drug-likeness (QED) is 0.352. The molecule has 0 bridgehead atoms. The Bertz CT molecular complexity index is 760. The third-order valence-corrected chi connectivity index (χ3v) is 8.32. The smallest absolute Gasteiger partial charge is 0.328 e. The van der Waals surface area contributed by atoms with E-state index in [1.54, 1.807) is 12.0 Å². The van der Waals surface area contributed by atoms with Gasteiger partial charge in [0.15, 0.2) is 0 Å². The average Bonchev–Trinajstić information content (AvgIpc) is 3.42. The van der Waals surface area contributed by atoms with Gasteiger partial charge in [0.25, 0.3) is 0 Å². The Balaban J connectivity index is 1.75. The second-order valence-corrected chi connectivity index (χ2v) is 11.2. The molecular formula is C19H29B2N2O7PS. The van der Waals surface area contributed by atoms with Crippen LogP contribution >= 0.6 is 6.72 Å². The molecule has 3 fully saturated rings. The van der Waals surface area contributed by atoms with E-state index in [2.05, 4.69) is 6.07 Å². The minimum atomic E-state index is -3.38. The van der Waals surface area contributed by atoms with Gasteiger partial charge < -0.3 is 32.7 Å². The van der Waals surface area contributed by atoms with Crippen LogP contribution < -0.4 is 0 Å². The molecule has 9 atom stereocenters. The van der Waals surface area contributed by atoms with E-state index in [1.807, 2.05) is 6.92 Å². The molecule has 13 heteroatoms. The van der Waals surface area contributed by atoms with Crippen molar-refractivity contribution < 1.29 is 32.6 Å². The van der Waals surface area contributed by atoms with Crippen LogP contribution in [0.25, 0.3) is 0 Å². The molecule has 0 aromatic heterocycles. The molecule has 3 aliphatic rings. The maximum Gasteiger partial charge on any atom is 0.328 e. The summed E-state index contributed by atoms with van der Waals surface area (Å²) in [5.41, 5.74) is 0. The third-order valence-electron chi connectivity index (χ3n) is 5.97. The minimum Gasteiger partial charge on any atom is -0.382 e. The molecule has 3 unspecified atom stereocenters. The number of carbonyl (C=O) groups excluding carboxylic acids is 1. The van der Waals surface area contributed by atoms with Crippen LogP contribution in [0.3, 0.4) is 0 Å². The Hall–Kier alpha value is -0.500. The van der Waals surface area contributed by atoms with Crippen LogP contribution in [0.2, 0.25) is 0 Å². The van der Waals surface area contributed by atoms with Crippen molar-refractivity contribution in [3.63, 3.8) is 0 Å². The Morgan fingerprint density at radius 1 is 1.16 bits per heavy atom. The predicted molar refractivity (Wildman–Crippen MR) is 120 cm³/mol. The molecule has 3 aliphatic heterocycles. The monoisotopic (exact) mass is 482 g/mol. The lowest BCUT2D eigenvalue weighted by molar-refractivity contribution is -0.128. The molecule has 0 spiro atoms. The van der Waals surface area contributed by atoms with Crippen molar-refractivity contribution in [1.82, 2.24) is 4.90 Å². The molecule has 0 N–H and O–H groups in total. The number of nitrogens with zero attached hydrogens (tertiary/aromatic N) is 2. The van der Waals surface area contributed by atoms with Gasteiger partial charge in [-0.3, -0.25) is 4.79 Å². The van der Waals surface area contributed by atoms with Gasteiger partial charge in [0.1, 0.15) is 27.9 Å². The number of nitriles is 1. The van der Waals surface area contributed by atoms with Gasteiger partial charge in [0, 0.05) is 39.1 Å². The molecule has 1 amide bonds. The highest BCUT2D eigenvalue weighted by molar-refractivity contribution is 8.07. The molecule has 0 aliphatic carbocycles. The summed E-state index contributed by atoms with van der Waals surface area (Å²) in [6.45, 7) is 0.606. The van der Waals surface area contributed by atoms with Crippen molar-refractivity contribution in [3.05, 3.63) is 0 Å². The van der Waals surface area contributed by atoms with E-state index < -0.39 is 43.0 Å². The van der Waals surface area contributed by atoms with Gasteiger partial charge in [-0.15, -0.1) is 0 Å². The molecule has 3 heterocycles. The molecule has 0 aromatic carbocycles. The number of ether oxygens (including phenoxy) is 3. The van der Waals surface area contributed by atoms with Gasteiger partial charge in [-0.1, -0.05) is 6.92 Å². The number of amides is 1. The van der Waals surface area contributed by atoms with E-state index in [9.17, 15) is 10.1 Å². The Labute approximate surface area is 197 Å². The van der Waals surface area contributed by atoms with Crippen molar-refractivity contribution >= 4 is 40.1 Å². The summed E-state index contributed by atoms with van der Waals surface area (Å²) in [6.07, 6.45) is -0.294. The molecule has 0 aromatic rings. The number of rotatable bonds is 9. The highest BCUT2D eigenvalue weighted by atomic mass is 32.5. The highest BCUT2D eigenvalue weighted by Gasteiger charge is 2.44. The molecule has 4 radical (unpaired) electrons. The lowest BCUT2D eigenvalue weighted by Crippen LogP contribution is -2.31. The maximum atomic E-state index is 11.8. The highest BCUT2D eigenvalue weighted by Crippen LogP contribution is 2.55. The van der Waals surface area contributed by atoms with Crippen molar-refractivity contribution in [2.45, 2.75) is 75.6 Å². The number of carbonyl (C=O) groups is 1. The van der Waals surface area contributed by atoms with Crippen LogP contribution in [0, 0.1) is 17.2 Å². The summed E-state index contributed by atoms with van der Waals surface area (Å²) in [7, 11) is 13.4. The summed E-state index contributed by atoms with van der Waals surface area (Å²) in [6, 6.07) is 1.28. The predicted octanol–water partition coefficient (Wildman–Crippen LogP) is 0.992. The minimum absolute atomic E-state index is 0.0558. The average molecular weight is 482 g/mol. The Morgan fingerprint density at radius 2 is 1.78 bits per heavy atom. The van der Waals surface area contributed by atoms with Gasteiger partial charge in [-0.2, -0.15) is 5.26 Å². The van der Waals surface area contributed by atoms with Crippen LogP contribution in [-0.4, -0.2) is 95.8 Å². The summed E-state index contributed by atoms with van der Waals surface area (Å²) < 4.78 is 35.3. The normalized spacial score (nSPS) is 39.1. The zero-order chi connectivity index (χ0) is 23.5. The molecule has 3 rings (SSSR count). The maximum absolute atomic E-state index is 11.8. The van der Waals surface area contributed by atoms with Crippen molar-refractivity contribution in [2.75, 3.05) is 26.8 Å². The fourth-order valence-electron chi connectivity index (χ4n) is 4.21. The van der Waals surface area contributed by atoms with Crippen LogP contribution in [0.5, 0.6) is 0 Å². The first kappa shape index (κ1) is 26.1. The molecular weight excluding hydrogens is 453 g/mol. The van der Waals surface area contributed by atoms with E-state index in [1.165, 1.54) is 6.92 Å². The van der Waals surface area contributed by atoms with E-state index in [-0.39, 0.29) is 37.8 Å². The van der Waals surface area contributed by atoms with Gasteiger partial charge >= 0.3 is 6.72 Å². The Morgan fingerprint density at radius 3 is 2.38 bits per heavy atom. The first-order valence-corrected chi connectivity index (χ1v) is 13.3. The summed E-state index contributed by atoms with van der Waals surface area (Å²) >= 11 is 5.77. The van der Waals surface area contributed by atoms with E-state index in [0.717, 1.165) is 0 Å². The van der Waals surface area contributed by atoms with Gasteiger partial charge in [-0.25, -0.2) is 0 Å². The van der Waals surface area contributed by atoms with E-state index in [0.29, 0.717) is 19.3 Å². The van der Waals surface area contributed by atoms with Crippen molar-refractivity contribution in [1.29, 1.82) is 5.26 Å². The second-order valence-electron chi connectivity index (χ2n) is 8.27. The lowest BCUT2D eigenvalue weighted by Gasteiger charge is -2.31. The standard InChI is InChI=1S/C19H29B2N2O7PS/c1-4-13-15(6-19(21)27-13)29-31(32,26-10-17-14(25-3)5-18(20)28-17)30-16-9-23(11(2)24)8-12(16)7-22/h12-19H,4-6,8-10H2,1-3H3/t12-,13-,14?,15?,16+,17-,18-,19-,31?/m1/s1. The molecule has 174 valence electrons. The Kier molecular flexibility index (Phi) is 9.21. The first-order valence-electron chi connectivity index (χ1n) is 10.8. The second kappa shape index (κ2) is 11.3. The summed E-state index contributed by atoms with van der Waals surface area (Å²) in [5, 5.41) is 9.57. The van der Waals surface area contributed by atoms with E-state index >= 15 is 0 Å². The van der Waals surface area contributed by atoms with Gasteiger partial charge in [0.2, 0.25) is 5.91 Å². The van der Waals surface area contributed by atoms with Gasteiger partial charge in [0.05, 0.1) is 36.9 Å². The van der Waals surface area contributed by atoms with Crippen LogP contribution in [0.15, 0.2) is 0 Å². The fraction of sp³-hybridized carbons (Fsp3) is 0.895. The van der Waals surface area contributed by atoms with Gasteiger partial charge in [-0.05, 0) is 31.1 Å². The molecule has 0 saturated carbocycles. The largest absolute Gasteiger partial charge is 0.382 e. The van der Waals surface area contributed by atoms with Crippen LogP contribution in [0.4, 0.5) is 0 Å². The number of methoxy groups -OCH3 is 1. The zero-order valence-corrected chi connectivity index (χ0v) is 20.3. The molecule has 32 heavy (non-hydrogen) atoms. The summed E-state index contributed by atoms with van der Waals surface area (Å²) in [4.78, 5) is 13.4. The molecule has 9 nitrogen and oxygen atoms in total.